The van der Waals surface area contributed by atoms with Gasteiger partial charge in [0.05, 0.1) is 27.3 Å². The molecule has 0 saturated carbocycles. The number of carbonyl (C=O) groups excluding carboxylic acids is 3. The number of benzene rings is 2. The summed E-state index contributed by atoms with van der Waals surface area (Å²) in [7, 11) is 0. The van der Waals surface area contributed by atoms with Crippen LogP contribution in [0.4, 0.5) is 11.4 Å². The molecule has 41 heavy (non-hydrogen) atoms. The maximum absolute atomic E-state index is 14.5. The zero-order valence-electron chi connectivity index (χ0n) is 22.8. The number of thioether (sulfide) groups is 1. The summed E-state index contributed by atoms with van der Waals surface area (Å²) in [5.74, 6) is -1.63. The Labute approximate surface area is 249 Å². The highest BCUT2D eigenvalue weighted by Gasteiger charge is 2.71. The minimum Gasteiger partial charge on any atom is -0.396 e. The summed E-state index contributed by atoms with van der Waals surface area (Å²) in [4.78, 5) is 48.4. The maximum atomic E-state index is 14.5. The van der Waals surface area contributed by atoms with Crippen LogP contribution in [-0.4, -0.2) is 70.0 Å². The Balaban J connectivity index is 1.40. The van der Waals surface area contributed by atoms with Crippen molar-refractivity contribution >= 4 is 52.5 Å². The number of anilines is 2. The Morgan fingerprint density at radius 3 is 2.37 bits per heavy atom. The van der Waals surface area contributed by atoms with Gasteiger partial charge in [0, 0.05) is 37.2 Å². The van der Waals surface area contributed by atoms with Crippen LogP contribution in [0.1, 0.15) is 25.7 Å². The van der Waals surface area contributed by atoms with Gasteiger partial charge in [0.15, 0.2) is 0 Å². The molecule has 1 N–H and O–H groups in total. The molecule has 4 aliphatic heterocycles. The van der Waals surface area contributed by atoms with Gasteiger partial charge in [0.1, 0.15) is 6.04 Å². The summed E-state index contributed by atoms with van der Waals surface area (Å²) < 4.78 is -0.871. The molecule has 4 aliphatic rings. The van der Waals surface area contributed by atoms with E-state index in [1.165, 1.54) is 0 Å². The number of halogens is 1. The number of para-hydroxylation sites is 2. The zero-order chi connectivity index (χ0) is 28.6. The van der Waals surface area contributed by atoms with Gasteiger partial charge in [-0.3, -0.25) is 14.4 Å². The third-order valence-corrected chi connectivity index (χ3v) is 10.7. The number of hydrogen-bond donors (Lipinski definition) is 1. The van der Waals surface area contributed by atoms with Gasteiger partial charge in [-0.15, -0.1) is 11.8 Å². The van der Waals surface area contributed by atoms with Crippen molar-refractivity contribution in [2.24, 2.45) is 11.8 Å². The second-order valence-corrected chi connectivity index (χ2v) is 12.9. The van der Waals surface area contributed by atoms with Crippen molar-refractivity contribution in [2.45, 2.75) is 41.7 Å². The Hall–Kier alpha value is -3.07. The van der Waals surface area contributed by atoms with E-state index in [0.717, 1.165) is 24.9 Å². The lowest BCUT2D eigenvalue weighted by molar-refractivity contribution is -0.138. The molecule has 0 aromatic heterocycles. The Bertz CT molecular complexity index is 1380. The molecule has 1 unspecified atom stereocenters. The summed E-state index contributed by atoms with van der Waals surface area (Å²) in [5, 5.41) is 9.45. The summed E-state index contributed by atoms with van der Waals surface area (Å²) in [6.45, 7) is 1.34. The summed E-state index contributed by atoms with van der Waals surface area (Å²) >= 11 is 8.14. The van der Waals surface area contributed by atoms with Crippen LogP contribution in [0, 0.1) is 11.8 Å². The fourth-order valence-electron chi connectivity index (χ4n) is 6.85. The smallest absolute Gasteiger partial charge is 0.251 e. The molecule has 2 aromatic carbocycles. The molecule has 4 heterocycles. The molecule has 0 aliphatic carbocycles. The molecule has 9 heteroatoms. The van der Waals surface area contributed by atoms with Crippen LogP contribution in [0.15, 0.2) is 78.9 Å². The van der Waals surface area contributed by atoms with E-state index in [0.29, 0.717) is 36.8 Å². The molecule has 214 valence electrons. The molecule has 0 radical (unpaired) electrons. The fourth-order valence-corrected chi connectivity index (χ4v) is 9.10. The van der Waals surface area contributed by atoms with Crippen molar-refractivity contribution < 1.29 is 19.5 Å². The number of aliphatic hydroxyl groups is 1. The van der Waals surface area contributed by atoms with E-state index >= 15 is 0 Å². The number of aliphatic hydroxyl groups excluding tert-OH is 1. The first-order valence-corrected chi connectivity index (χ1v) is 15.6. The van der Waals surface area contributed by atoms with Gasteiger partial charge in [0.2, 0.25) is 11.8 Å². The van der Waals surface area contributed by atoms with E-state index in [1.54, 1.807) is 32.5 Å². The van der Waals surface area contributed by atoms with E-state index in [9.17, 15) is 19.5 Å². The van der Waals surface area contributed by atoms with Crippen LogP contribution >= 0.6 is 23.4 Å². The van der Waals surface area contributed by atoms with Gasteiger partial charge in [-0.25, -0.2) is 0 Å². The van der Waals surface area contributed by atoms with Crippen LogP contribution < -0.4 is 9.80 Å². The second kappa shape index (κ2) is 11.7. The molecular weight excluding hydrogens is 558 g/mol. The highest BCUT2D eigenvalue weighted by atomic mass is 35.5. The van der Waals surface area contributed by atoms with Crippen LogP contribution in [0.3, 0.4) is 0 Å². The normalized spacial score (nSPS) is 28.9. The number of fused-ring (bicyclic) bond motifs is 2. The van der Waals surface area contributed by atoms with Crippen LogP contribution in [0.2, 0.25) is 5.02 Å². The molecule has 3 amide bonds. The van der Waals surface area contributed by atoms with Crippen molar-refractivity contribution in [3.05, 3.63) is 83.9 Å². The molecule has 2 saturated heterocycles. The predicted octanol–water partition coefficient (Wildman–Crippen LogP) is 4.70. The molecule has 2 fully saturated rings. The largest absolute Gasteiger partial charge is 0.396 e. The standard InChI is InChI=1S/C32H34ClN3O4S/c33-23-14-6-7-15-24(23)35-20-11-17-32-27(30(39)36(28(32)31(35)40)18-8-1-2-9-21-37)26-25(41-32)16-10-19-34(29(26)38)22-12-4-3-5-13-22/h3-7,10-17,25-28,37H,1-2,8-9,18-21H2/t25-,26+,27-,28?,32-/m0/s1. The first-order valence-electron chi connectivity index (χ1n) is 14.3. The number of rotatable bonds is 8. The molecule has 2 aromatic rings. The average molecular weight is 592 g/mol. The third-order valence-electron chi connectivity index (χ3n) is 8.68. The highest BCUT2D eigenvalue weighted by Crippen LogP contribution is 2.61. The van der Waals surface area contributed by atoms with Crippen molar-refractivity contribution in [1.82, 2.24) is 4.90 Å². The Kier molecular flexibility index (Phi) is 7.99. The monoisotopic (exact) mass is 591 g/mol. The average Bonchev–Trinajstić information content (AvgIpc) is 3.29. The molecule has 1 spiro atoms. The minimum atomic E-state index is -0.871. The lowest BCUT2D eigenvalue weighted by atomic mass is 9.78. The number of amides is 3. The SMILES string of the molecule is O=C1[C@@H]2[C@H](C=CCN1c1ccccc1)S[C@]13C=CCN(c4ccccc4Cl)C(=O)C1N(CCCCCCO)C(=O)[C@H]23. The Morgan fingerprint density at radius 2 is 1.59 bits per heavy atom. The van der Waals surface area contributed by atoms with Crippen LogP contribution in [-0.2, 0) is 14.4 Å². The lowest BCUT2D eigenvalue weighted by Crippen LogP contribution is -2.53. The van der Waals surface area contributed by atoms with Gasteiger partial charge in [-0.05, 0) is 37.1 Å². The predicted molar refractivity (Wildman–Crippen MR) is 163 cm³/mol. The molecule has 7 nitrogen and oxygen atoms in total. The molecule has 5 atom stereocenters. The molecular formula is C32H34ClN3O4S. The van der Waals surface area contributed by atoms with E-state index in [2.05, 4.69) is 6.08 Å². The number of carbonyl (C=O) groups is 3. The summed E-state index contributed by atoms with van der Waals surface area (Å²) in [6, 6.07) is 16.1. The van der Waals surface area contributed by atoms with E-state index in [1.807, 2.05) is 66.8 Å². The van der Waals surface area contributed by atoms with E-state index < -0.39 is 22.6 Å². The molecule has 0 bridgehead atoms. The zero-order valence-corrected chi connectivity index (χ0v) is 24.3. The minimum absolute atomic E-state index is 0.0782. The topological polar surface area (TPSA) is 81.2 Å². The first kappa shape index (κ1) is 28.1. The van der Waals surface area contributed by atoms with Gasteiger partial charge in [-0.1, -0.05) is 79.1 Å². The second-order valence-electron chi connectivity index (χ2n) is 11.0. The number of hydrogen-bond acceptors (Lipinski definition) is 5. The Morgan fingerprint density at radius 1 is 0.854 bits per heavy atom. The third kappa shape index (κ3) is 4.80. The van der Waals surface area contributed by atoms with Crippen molar-refractivity contribution in [3.63, 3.8) is 0 Å². The molecule has 6 rings (SSSR count). The first-order chi connectivity index (χ1) is 20.0. The van der Waals surface area contributed by atoms with Gasteiger partial charge in [-0.2, -0.15) is 0 Å². The van der Waals surface area contributed by atoms with Gasteiger partial charge >= 0.3 is 0 Å². The van der Waals surface area contributed by atoms with Gasteiger partial charge < -0.3 is 19.8 Å². The van der Waals surface area contributed by atoms with Crippen molar-refractivity contribution in [2.75, 3.05) is 36.0 Å². The lowest BCUT2D eigenvalue weighted by Gasteiger charge is -2.35. The van der Waals surface area contributed by atoms with Crippen molar-refractivity contribution in [1.29, 1.82) is 0 Å². The summed E-state index contributed by atoms with van der Waals surface area (Å²) in [6.07, 6.45) is 11.2. The number of unbranched alkanes of at least 4 members (excludes halogenated alkanes) is 3. The maximum Gasteiger partial charge on any atom is 0.251 e. The summed E-state index contributed by atoms with van der Waals surface area (Å²) in [5.41, 5.74) is 1.41. The van der Waals surface area contributed by atoms with Gasteiger partial charge in [0.25, 0.3) is 5.91 Å². The fraction of sp³-hybridized carbons (Fsp3) is 0.406. The van der Waals surface area contributed by atoms with E-state index in [-0.39, 0.29) is 29.6 Å². The highest BCUT2D eigenvalue weighted by molar-refractivity contribution is 8.02. The van der Waals surface area contributed by atoms with Crippen molar-refractivity contribution in [3.8, 4) is 0 Å². The number of nitrogens with zero attached hydrogens (tertiary/aromatic N) is 3. The van der Waals surface area contributed by atoms with E-state index in [4.69, 9.17) is 11.6 Å². The van der Waals surface area contributed by atoms with Crippen LogP contribution in [0.5, 0.6) is 0 Å². The van der Waals surface area contributed by atoms with Crippen LogP contribution in [0.25, 0.3) is 0 Å². The quantitative estimate of drug-likeness (QED) is 0.356. The number of likely N-dealkylation sites (tertiary alicyclic amines) is 1.